The molecule has 3 fully saturated rings. The van der Waals surface area contributed by atoms with E-state index in [-0.39, 0.29) is 0 Å². The quantitative estimate of drug-likeness (QED) is 0.741. The molecule has 29 heavy (non-hydrogen) atoms. The van der Waals surface area contributed by atoms with Gasteiger partial charge in [0.2, 0.25) is 5.91 Å². The number of piperidine rings is 2. The molecule has 5 nitrogen and oxygen atoms in total. The van der Waals surface area contributed by atoms with E-state index in [0.29, 0.717) is 24.4 Å². The largest absolute Gasteiger partial charge is 0.340 e. The van der Waals surface area contributed by atoms with Gasteiger partial charge in [-0.15, -0.1) is 0 Å². The van der Waals surface area contributed by atoms with Crippen LogP contribution in [0.5, 0.6) is 0 Å². The van der Waals surface area contributed by atoms with Crippen LogP contribution < -0.4 is 5.32 Å². The third-order valence-electron chi connectivity index (χ3n) is 7.01. The third kappa shape index (κ3) is 6.03. The van der Waals surface area contributed by atoms with E-state index in [1.54, 1.807) is 0 Å². The number of carbonyl (C=O) groups is 1. The summed E-state index contributed by atoms with van der Waals surface area (Å²) in [5.74, 6) is 0.350. The molecule has 3 saturated heterocycles. The topological polar surface area (TPSA) is 40.9 Å². The molecule has 1 aromatic rings. The minimum Gasteiger partial charge on any atom is -0.340 e. The molecule has 3 heterocycles. The van der Waals surface area contributed by atoms with Crippen molar-refractivity contribution >= 4 is 5.91 Å². The van der Waals surface area contributed by atoms with Gasteiger partial charge in [0, 0.05) is 57.8 Å². The fraction of sp³-hybridized carbons (Fsp3) is 0.708. The second-order valence-electron chi connectivity index (χ2n) is 9.00. The molecule has 0 N–H and O–H groups in total. The van der Waals surface area contributed by atoms with Crippen molar-refractivity contribution in [1.82, 2.24) is 20.0 Å². The number of carbonyl (C=O) groups excluding carboxylic acids is 1. The minimum atomic E-state index is 0.350. The van der Waals surface area contributed by atoms with Crippen molar-refractivity contribution in [2.45, 2.75) is 63.6 Å². The zero-order valence-electron chi connectivity index (χ0n) is 17.8. The number of rotatable bonds is 6. The van der Waals surface area contributed by atoms with Crippen LogP contribution in [0.4, 0.5) is 0 Å². The van der Waals surface area contributed by atoms with Gasteiger partial charge in [0.25, 0.3) is 0 Å². The van der Waals surface area contributed by atoms with E-state index in [1.807, 2.05) is 0 Å². The van der Waals surface area contributed by atoms with Gasteiger partial charge in [0.05, 0.1) is 0 Å². The molecule has 3 aliphatic rings. The SMILES string of the molecule is O=C(CCC1CCCC[N]1)N1CCN(C2CCN(Cc3ccccc3)CC2)CC1. The maximum Gasteiger partial charge on any atom is 0.222 e. The molecule has 1 atom stereocenters. The fourth-order valence-electron chi connectivity index (χ4n) is 5.16. The summed E-state index contributed by atoms with van der Waals surface area (Å²) in [5, 5.41) is 4.67. The molecule has 0 aromatic heterocycles. The van der Waals surface area contributed by atoms with E-state index in [9.17, 15) is 4.79 Å². The summed E-state index contributed by atoms with van der Waals surface area (Å²) >= 11 is 0. The molecule has 0 spiro atoms. The van der Waals surface area contributed by atoms with Crippen molar-refractivity contribution in [2.24, 2.45) is 0 Å². The van der Waals surface area contributed by atoms with E-state index < -0.39 is 0 Å². The molecule has 0 bridgehead atoms. The van der Waals surface area contributed by atoms with Crippen LogP contribution in [0.2, 0.25) is 0 Å². The fourth-order valence-corrected chi connectivity index (χ4v) is 5.16. The average Bonchev–Trinajstić information content (AvgIpc) is 2.79. The number of amides is 1. The molecular formula is C24H37N4O. The van der Waals surface area contributed by atoms with Crippen LogP contribution in [-0.2, 0) is 11.3 Å². The summed E-state index contributed by atoms with van der Waals surface area (Å²) in [6, 6.07) is 11.9. The van der Waals surface area contributed by atoms with Gasteiger partial charge in [0.15, 0.2) is 0 Å². The van der Waals surface area contributed by atoms with Crippen molar-refractivity contribution in [3.63, 3.8) is 0 Å². The van der Waals surface area contributed by atoms with Gasteiger partial charge in [-0.25, -0.2) is 5.32 Å². The second kappa shape index (κ2) is 10.6. The highest BCUT2D eigenvalue weighted by atomic mass is 16.2. The molecular weight excluding hydrogens is 360 g/mol. The van der Waals surface area contributed by atoms with Gasteiger partial charge < -0.3 is 4.90 Å². The van der Waals surface area contributed by atoms with Crippen LogP contribution in [0.15, 0.2) is 30.3 Å². The number of piperazine rings is 1. The lowest BCUT2D eigenvalue weighted by Crippen LogP contribution is -2.54. The van der Waals surface area contributed by atoms with Crippen molar-refractivity contribution in [3.05, 3.63) is 35.9 Å². The summed E-state index contributed by atoms with van der Waals surface area (Å²) in [6.45, 7) is 8.35. The van der Waals surface area contributed by atoms with Crippen molar-refractivity contribution in [2.75, 3.05) is 45.8 Å². The zero-order chi connectivity index (χ0) is 19.9. The van der Waals surface area contributed by atoms with Crippen LogP contribution in [0.25, 0.3) is 0 Å². The Morgan fingerprint density at radius 2 is 1.69 bits per heavy atom. The smallest absolute Gasteiger partial charge is 0.222 e. The molecule has 4 rings (SSSR count). The molecule has 0 saturated carbocycles. The van der Waals surface area contributed by atoms with Gasteiger partial charge in [-0.05, 0) is 50.8 Å². The van der Waals surface area contributed by atoms with Crippen molar-refractivity contribution in [1.29, 1.82) is 0 Å². The van der Waals surface area contributed by atoms with E-state index in [1.165, 1.54) is 50.8 Å². The average molecular weight is 398 g/mol. The monoisotopic (exact) mass is 397 g/mol. The molecule has 0 aliphatic carbocycles. The van der Waals surface area contributed by atoms with Crippen LogP contribution >= 0.6 is 0 Å². The van der Waals surface area contributed by atoms with Gasteiger partial charge in [-0.1, -0.05) is 36.8 Å². The summed E-state index contributed by atoms with van der Waals surface area (Å²) in [6.07, 6.45) is 7.85. The maximum absolute atomic E-state index is 12.6. The molecule has 1 unspecified atom stereocenters. The highest BCUT2D eigenvalue weighted by Gasteiger charge is 2.29. The minimum absolute atomic E-state index is 0.350. The standard InChI is InChI=1S/C24H37N4O/c29-24(10-9-22-8-4-5-13-25-22)28-18-16-27(17-19-28)23-11-14-26(15-12-23)20-21-6-2-1-3-7-21/h1-3,6-7,22-23H,4-5,8-20H2. The number of hydrogen-bond donors (Lipinski definition) is 0. The summed E-state index contributed by atoms with van der Waals surface area (Å²) in [7, 11) is 0. The van der Waals surface area contributed by atoms with E-state index in [2.05, 4.69) is 50.3 Å². The number of nitrogens with zero attached hydrogens (tertiary/aromatic N) is 4. The first-order chi connectivity index (χ1) is 14.3. The Hall–Kier alpha value is -1.43. The highest BCUT2D eigenvalue weighted by Crippen LogP contribution is 2.21. The lowest BCUT2D eigenvalue weighted by atomic mass is 10.00. The number of likely N-dealkylation sites (tertiary alicyclic amines) is 1. The molecule has 159 valence electrons. The van der Waals surface area contributed by atoms with E-state index in [0.717, 1.165) is 45.7 Å². The zero-order valence-corrected chi connectivity index (χ0v) is 17.8. The van der Waals surface area contributed by atoms with Crippen LogP contribution in [0.3, 0.4) is 0 Å². The third-order valence-corrected chi connectivity index (χ3v) is 7.01. The number of benzene rings is 1. The second-order valence-corrected chi connectivity index (χ2v) is 9.00. The Bertz CT molecular complexity index is 615. The molecule has 5 heteroatoms. The van der Waals surface area contributed by atoms with Gasteiger partial charge in [-0.3, -0.25) is 14.6 Å². The first-order valence-corrected chi connectivity index (χ1v) is 11.7. The van der Waals surface area contributed by atoms with E-state index in [4.69, 9.17) is 0 Å². The summed E-state index contributed by atoms with van der Waals surface area (Å²) in [5.41, 5.74) is 1.42. The Morgan fingerprint density at radius 3 is 2.38 bits per heavy atom. The highest BCUT2D eigenvalue weighted by molar-refractivity contribution is 5.76. The number of hydrogen-bond acceptors (Lipinski definition) is 3. The summed E-state index contributed by atoms with van der Waals surface area (Å²) in [4.78, 5) is 19.9. The predicted molar refractivity (Wildman–Crippen MR) is 117 cm³/mol. The molecule has 1 radical (unpaired) electrons. The lowest BCUT2D eigenvalue weighted by molar-refractivity contribution is -0.133. The first kappa shape index (κ1) is 20.8. The Labute approximate surface area is 176 Å². The molecule has 1 aromatic carbocycles. The van der Waals surface area contributed by atoms with Crippen LogP contribution in [0.1, 0.15) is 50.5 Å². The Kier molecular flexibility index (Phi) is 7.58. The summed E-state index contributed by atoms with van der Waals surface area (Å²) < 4.78 is 0. The van der Waals surface area contributed by atoms with Gasteiger partial charge >= 0.3 is 0 Å². The first-order valence-electron chi connectivity index (χ1n) is 11.7. The van der Waals surface area contributed by atoms with Crippen LogP contribution in [-0.4, -0.2) is 78.5 Å². The Morgan fingerprint density at radius 1 is 0.931 bits per heavy atom. The van der Waals surface area contributed by atoms with E-state index >= 15 is 0 Å². The van der Waals surface area contributed by atoms with Crippen LogP contribution in [0, 0.1) is 0 Å². The van der Waals surface area contributed by atoms with Gasteiger partial charge in [-0.2, -0.15) is 0 Å². The molecule has 1 amide bonds. The molecule has 3 aliphatic heterocycles. The van der Waals surface area contributed by atoms with Crippen molar-refractivity contribution < 1.29 is 4.79 Å². The predicted octanol–water partition coefficient (Wildman–Crippen LogP) is 2.73. The van der Waals surface area contributed by atoms with Gasteiger partial charge in [0.1, 0.15) is 0 Å². The normalized spacial score (nSPS) is 25.2. The van der Waals surface area contributed by atoms with Crippen molar-refractivity contribution in [3.8, 4) is 0 Å². The maximum atomic E-state index is 12.6. The lowest BCUT2D eigenvalue weighted by Gasteiger charge is -2.43. The Balaban J connectivity index is 1.14.